The van der Waals surface area contributed by atoms with Crippen LogP contribution < -0.4 is 10.6 Å². The van der Waals surface area contributed by atoms with E-state index in [0.29, 0.717) is 5.56 Å². The zero-order chi connectivity index (χ0) is 17.9. The number of thiocarbonyl (C=S) groups is 1. The Kier molecular flexibility index (Phi) is 5.48. The van der Waals surface area contributed by atoms with E-state index in [0.717, 1.165) is 11.1 Å². The number of carbonyl (C=O) groups is 1. The Bertz CT molecular complexity index is 839. The Balaban J connectivity index is 2.10. The first kappa shape index (κ1) is 17.8. The average molecular weight is 364 g/mol. The first-order valence-corrected chi connectivity index (χ1v) is 7.70. The summed E-state index contributed by atoms with van der Waals surface area (Å²) in [6, 6.07) is 9.21. The molecule has 0 atom stereocenters. The molecule has 0 aliphatic heterocycles. The molecule has 124 valence electrons. The Hall–Kier alpha value is -2.51. The number of halogens is 1. The van der Waals surface area contributed by atoms with Crippen LogP contribution in [0.1, 0.15) is 21.5 Å². The van der Waals surface area contributed by atoms with E-state index in [1.807, 2.05) is 19.9 Å². The van der Waals surface area contributed by atoms with Gasteiger partial charge >= 0.3 is 0 Å². The molecule has 2 rings (SSSR count). The van der Waals surface area contributed by atoms with Gasteiger partial charge in [-0.2, -0.15) is 0 Å². The maximum absolute atomic E-state index is 12.2. The molecule has 0 saturated carbocycles. The van der Waals surface area contributed by atoms with Crippen LogP contribution in [0.15, 0.2) is 36.4 Å². The quantitative estimate of drug-likeness (QED) is 0.489. The second-order valence-corrected chi connectivity index (χ2v) is 5.94. The van der Waals surface area contributed by atoms with Gasteiger partial charge in [-0.1, -0.05) is 17.7 Å². The first-order valence-electron chi connectivity index (χ1n) is 6.91. The molecule has 2 aromatic carbocycles. The van der Waals surface area contributed by atoms with Crippen LogP contribution in [0.25, 0.3) is 0 Å². The third-order valence-electron chi connectivity index (χ3n) is 3.41. The number of amides is 1. The normalized spacial score (nSPS) is 10.1. The predicted octanol–water partition coefficient (Wildman–Crippen LogP) is 3.99. The third-order valence-corrected chi connectivity index (χ3v) is 3.94. The van der Waals surface area contributed by atoms with Crippen molar-refractivity contribution in [2.75, 3.05) is 5.32 Å². The van der Waals surface area contributed by atoms with Gasteiger partial charge in [-0.3, -0.25) is 20.2 Å². The number of non-ortho nitro benzene ring substituents is 1. The largest absolute Gasteiger partial charge is 0.331 e. The molecule has 0 fully saturated rings. The summed E-state index contributed by atoms with van der Waals surface area (Å²) >= 11 is 11.0. The van der Waals surface area contributed by atoms with Crippen LogP contribution in [-0.2, 0) is 0 Å². The van der Waals surface area contributed by atoms with Gasteiger partial charge in [-0.05, 0) is 55.4 Å². The van der Waals surface area contributed by atoms with Crippen LogP contribution in [0.2, 0.25) is 5.02 Å². The number of nitro benzene ring substituents is 1. The van der Waals surface area contributed by atoms with Crippen molar-refractivity contribution in [3.05, 3.63) is 68.2 Å². The molecule has 8 heteroatoms. The fraction of sp³-hybridized carbons (Fsp3) is 0.125. The lowest BCUT2D eigenvalue weighted by atomic mass is 10.1. The van der Waals surface area contributed by atoms with Gasteiger partial charge in [0.15, 0.2) is 5.11 Å². The van der Waals surface area contributed by atoms with Gasteiger partial charge in [-0.15, -0.1) is 0 Å². The van der Waals surface area contributed by atoms with E-state index in [1.54, 1.807) is 12.1 Å². The molecule has 0 unspecified atom stereocenters. The summed E-state index contributed by atoms with van der Waals surface area (Å²) in [6.07, 6.45) is 0. The van der Waals surface area contributed by atoms with E-state index in [-0.39, 0.29) is 27.4 Å². The highest BCUT2D eigenvalue weighted by atomic mass is 35.5. The summed E-state index contributed by atoms with van der Waals surface area (Å²) < 4.78 is 0. The van der Waals surface area contributed by atoms with Crippen molar-refractivity contribution < 1.29 is 9.72 Å². The second kappa shape index (κ2) is 7.37. The number of rotatable bonds is 3. The Labute approximate surface area is 149 Å². The molecule has 6 nitrogen and oxygen atoms in total. The smallest absolute Gasteiger partial charge is 0.271 e. The highest BCUT2D eigenvalue weighted by Crippen LogP contribution is 2.26. The maximum Gasteiger partial charge on any atom is 0.271 e. The summed E-state index contributed by atoms with van der Waals surface area (Å²) in [5, 5.41) is 16.3. The topological polar surface area (TPSA) is 84.3 Å². The number of carbonyl (C=O) groups excluding carboxylic acids is 1. The zero-order valence-corrected chi connectivity index (χ0v) is 14.5. The van der Waals surface area contributed by atoms with E-state index in [4.69, 9.17) is 23.8 Å². The standard InChI is InChI=1S/C16H14ClN3O3S/c1-9-3-4-11(7-10(9)2)15(21)19-16(24)18-14-8-12(20(22)23)5-6-13(14)17/h3-8H,1-2H3,(H2,18,19,21,24). The summed E-state index contributed by atoms with van der Waals surface area (Å²) in [5.41, 5.74) is 2.65. The predicted molar refractivity (Wildman–Crippen MR) is 97.7 cm³/mol. The summed E-state index contributed by atoms with van der Waals surface area (Å²) in [5.74, 6) is -0.378. The molecular formula is C16H14ClN3O3S. The fourth-order valence-electron chi connectivity index (χ4n) is 1.93. The molecule has 0 bridgehead atoms. The highest BCUT2D eigenvalue weighted by Gasteiger charge is 2.13. The number of nitro groups is 1. The number of nitrogens with zero attached hydrogens (tertiary/aromatic N) is 1. The van der Waals surface area contributed by atoms with Crippen LogP contribution in [0.4, 0.5) is 11.4 Å². The van der Waals surface area contributed by atoms with Crippen molar-refractivity contribution in [3.8, 4) is 0 Å². The third kappa shape index (κ3) is 4.27. The summed E-state index contributed by atoms with van der Waals surface area (Å²) in [4.78, 5) is 22.5. The monoisotopic (exact) mass is 363 g/mol. The Morgan fingerprint density at radius 1 is 1.17 bits per heavy atom. The van der Waals surface area contributed by atoms with Crippen molar-refractivity contribution >= 4 is 46.2 Å². The van der Waals surface area contributed by atoms with Crippen molar-refractivity contribution in [1.29, 1.82) is 0 Å². The molecule has 1 amide bonds. The Morgan fingerprint density at radius 2 is 1.88 bits per heavy atom. The number of anilines is 1. The fourth-order valence-corrected chi connectivity index (χ4v) is 2.30. The van der Waals surface area contributed by atoms with Crippen LogP contribution >= 0.6 is 23.8 Å². The molecule has 0 radical (unpaired) electrons. The van der Waals surface area contributed by atoms with Crippen LogP contribution in [0.3, 0.4) is 0 Å². The SMILES string of the molecule is Cc1ccc(C(=O)NC(=S)Nc2cc([N+](=O)[O-])ccc2Cl)cc1C. The van der Waals surface area contributed by atoms with E-state index >= 15 is 0 Å². The molecule has 0 spiro atoms. The Morgan fingerprint density at radius 3 is 2.50 bits per heavy atom. The van der Waals surface area contributed by atoms with Gasteiger partial charge in [0, 0.05) is 17.7 Å². The molecule has 0 aliphatic carbocycles. The van der Waals surface area contributed by atoms with Crippen LogP contribution in [0.5, 0.6) is 0 Å². The number of hydrogen-bond acceptors (Lipinski definition) is 4. The van der Waals surface area contributed by atoms with Gasteiger partial charge < -0.3 is 5.32 Å². The minimum absolute atomic E-state index is 0.000580. The van der Waals surface area contributed by atoms with Gasteiger partial charge in [0.05, 0.1) is 15.6 Å². The number of hydrogen-bond donors (Lipinski definition) is 2. The van der Waals surface area contributed by atoms with Crippen molar-refractivity contribution in [2.45, 2.75) is 13.8 Å². The maximum atomic E-state index is 12.2. The lowest BCUT2D eigenvalue weighted by molar-refractivity contribution is -0.384. The van der Waals surface area contributed by atoms with Crippen molar-refractivity contribution in [2.24, 2.45) is 0 Å². The van der Waals surface area contributed by atoms with E-state index in [9.17, 15) is 14.9 Å². The van der Waals surface area contributed by atoms with Gasteiger partial charge in [-0.25, -0.2) is 0 Å². The highest BCUT2D eigenvalue weighted by molar-refractivity contribution is 7.80. The molecular weight excluding hydrogens is 350 g/mol. The number of nitrogens with one attached hydrogen (secondary N) is 2. The molecule has 2 N–H and O–H groups in total. The minimum Gasteiger partial charge on any atom is -0.331 e. The van der Waals surface area contributed by atoms with E-state index in [1.165, 1.54) is 18.2 Å². The average Bonchev–Trinajstić information content (AvgIpc) is 2.51. The lowest BCUT2D eigenvalue weighted by Gasteiger charge is -2.11. The minimum atomic E-state index is -0.543. The molecule has 2 aromatic rings. The first-order chi connectivity index (χ1) is 11.3. The molecule has 24 heavy (non-hydrogen) atoms. The van der Waals surface area contributed by atoms with Crippen molar-refractivity contribution in [1.82, 2.24) is 5.32 Å². The van der Waals surface area contributed by atoms with E-state index in [2.05, 4.69) is 10.6 Å². The van der Waals surface area contributed by atoms with E-state index < -0.39 is 4.92 Å². The lowest BCUT2D eigenvalue weighted by Crippen LogP contribution is -2.34. The van der Waals surface area contributed by atoms with Gasteiger partial charge in [0.1, 0.15) is 0 Å². The van der Waals surface area contributed by atoms with Gasteiger partial charge in [0.25, 0.3) is 11.6 Å². The van der Waals surface area contributed by atoms with Crippen LogP contribution in [-0.4, -0.2) is 15.9 Å². The number of aryl methyl sites for hydroxylation is 2. The summed E-state index contributed by atoms with van der Waals surface area (Å²) in [6.45, 7) is 3.86. The zero-order valence-electron chi connectivity index (χ0n) is 12.9. The molecule has 0 aromatic heterocycles. The number of benzene rings is 2. The molecule has 0 aliphatic rings. The van der Waals surface area contributed by atoms with Gasteiger partial charge in [0.2, 0.25) is 0 Å². The van der Waals surface area contributed by atoms with Crippen molar-refractivity contribution in [3.63, 3.8) is 0 Å². The summed E-state index contributed by atoms with van der Waals surface area (Å²) in [7, 11) is 0. The van der Waals surface area contributed by atoms with Crippen LogP contribution in [0, 0.1) is 24.0 Å². The molecule has 0 heterocycles. The second-order valence-electron chi connectivity index (χ2n) is 5.13. The molecule has 0 saturated heterocycles.